The van der Waals surface area contributed by atoms with Crippen LogP contribution < -0.4 is 0 Å². The van der Waals surface area contributed by atoms with Crippen LogP contribution in [0, 0.1) is 5.41 Å². The molecule has 0 bridgehead atoms. The van der Waals surface area contributed by atoms with E-state index in [9.17, 15) is 0 Å². The zero-order valence-electron chi connectivity index (χ0n) is 10.2. The van der Waals surface area contributed by atoms with Crippen LogP contribution in [0.3, 0.4) is 0 Å². The highest BCUT2D eigenvalue weighted by molar-refractivity contribution is 5.32. The fourth-order valence-corrected chi connectivity index (χ4v) is 2.10. The van der Waals surface area contributed by atoms with Gasteiger partial charge in [-0.05, 0) is 18.8 Å². The fourth-order valence-electron chi connectivity index (χ4n) is 2.10. The molecule has 4 nitrogen and oxygen atoms in total. The first-order chi connectivity index (χ1) is 8.09. The number of hydrogen-bond donors (Lipinski definition) is 2. The normalized spacial score (nSPS) is 22.4. The smallest absolute Gasteiger partial charge is 0.290 e. The molecule has 4 heteroatoms. The molecule has 0 aliphatic heterocycles. The van der Waals surface area contributed by atoms with E-state index in [4.69, 9.17) is 9.90 Å². The van der Waals surface area contributed by atoms with E-state index in [-0.39, 0.29) is 11.9 Å². The zero-order valence-corrected chi connectivity index (χ0v) is 10.2. The summed E-state index contributed by atoms with van der Waals surface area (Å²) in [5.41, 5.74) is 1.68. The lowest BCUT2D eigenvalue weighted by Gasteiger charge is -2.27. The third-order valence-corrected chi connectivity index (χ3v) is 2.69. The van der Waals surface area contributed by atoms with E-state index in [0.717, 1.165) is 18.7 Å². The van der Waals surface area contributed by atoms with Gasteiger partial charge in [-0.25, -0.2) is 4.98 Å². The van der Waals surface area contributed by atoms with Gasteiger partial charge in [-0.1, -0.05) is 30.7 Å². The Morgan fingerprint density at radius 1 is 1.65 bits per heavy atom. The Bertz CT molecular complexity index is 407. The van der Waals surface area contributed by atoms with Crippen LogP contribution in [0.5, 0.6) is 0 Å². The van der Waals surface area contributed by atoms with Gasteiger partial charge in [0.15, 0.2) is 0 Å². The first-order valence-corrected chi connectivity index (χ1v) is 5.51. The lowest BCUT2D eigenvalue weighted by atomic mass is 9.78. The maximum Gasteiger partial charge on any atom is 0.290 e. The van der Waals surface area contributed by atoms with Crippen LogP contribution in [0.15, 0.2) is 36.2 Å². The van der Waals surface area contributed by atoms with Crippen molar-refractivity contribution in [3.8, 4) is 0 Å². The molecular weight excluding hydrogens is 216 g/mol. The van der Waals surface area contributed by atoms with Crippen LogP contribution in [-0.4, -0.2) is 21.5 Å². The molecule has 1 aliphatic carbocycles. The Balaban J connectivity index is 0.000000437. The van der Waals surface area contributed by atoms with Gasteiger partial charge in [0.1, 0.15) is 5.82 Å². The highest BCUT2D eigenvalue weighted by Crippen LogP contribution is 2.33. The number of carboxylic acid groups (broad SMARTS) is 1. The molecule has 1 atom stereocenters. The SMILES string of the molecule is CC1=CC=CC(C)(Cc2ncc[nH]2)C1.O=CO. The number of nitrogens with zero attached hydrogens (tertiary/aromatic N) is 1. The van der Waals surface area contributed by atoms with Crippen molar-refractivity contribution in [2.45, 2.75) is 26.7 Å². The van der Waals surface area contributed by atoms with Crippen molar-refractivity contribution in [3.05, 3.63) is 42.0 Å². The predicted octanol–water partition coefficient (Wildman–Crippen LogP) is 2.57. The summed E-state index contributed by atoms with van der Waals surface area (Å²) in [6.45, 7) is 4.21. The molecule has 1 aliphatic rings. The monoisotopic (exact) mass is 234 g/mol. The predicted molar refractivity (Wildman–Crippen MR) is 66.6 cm³/mol. The first-order valence-electron chi connectivity index (χ1n) is 5.51. The molecule has 0 radical (unpaired) electrons. The summed E-state index contributed by atoms with van der Waals surface area (Å²) < 4.78 is 0. The average Bonchev–Trinajstić information content (AvgIpc) is 2.70. The van der Waals surface area contributed by atoms with Crippen molar-refractivity contribution in [2.75, 3.05) is 0 Å². The molecule has 1 aromatic rings. The van der Waals surface area contributed by atoms with Gasteiger partial charge in [-0.2, -0.15) is 0 Å². The Morgan fingerprint density at radius 2 is 2.35 bits per heavy atom. The lowest BCUT2D eigenvalue weighted by molar-refractivity contribution is -0.122. The first kappa shape index (κ1) is 13.2. The molecule has 0 amide bonds. The second kappa shape index (κ2) is 6.03. The summed E-state index contributed by atoms with van der Waals surface area (Å²) in [7, 11) is 0. The molecule has 2 N–H and O–H groups in total. The highest BCUT2D eigenvalue weighted by atomic mass is 16.3. The lowest BCUT2D eigenvalue weighted by Crippen LogP contribution is -2.19. The van der Waals surface area contributed by atoms with Crippen LogP contribution >= 0.6 is 0 Å². The van der Waals surface area contributed by atoms with E-state index < -0.39 is 0 Å². The van der Waals surface area contributed by atoms with Gasteiger partial charge in [0, 0.05) is 18.8 Å². The van der Waals surface area contributed by atoms with Crippen LogP contribution in [0.25, 0.3) is 0 Å². The van der Waals surface area contributed by atoms with Crippen LogP contribution in [0.1, 0.15) is 26.1 Å². The molecule has 2 rings (SSSR count). The van der Waals surface area contributed by atoms with Crippen molar-refractivity contribution >= 4 is 6.47 Å². The molecule has 0 spiro atoms. The molecule has 92 valence electrons. The zero-order chi connectivity index (χ0) is 12.7. The molecular formula is C13H18N2O2. The van der Waals surface area contributed by atoms with E-state index in [1.807, 2.05) is 12.4 Å². The average molecular weight is 234 g/mol. The number of allylic oxidation sites excluding steroid dienone is 4. The number of H-pyrrole nitrogens is 1. The largest absolute Gasteiger partial charge is 0.483 e. The quantitative estimate of drug-likeness (QED) is 0.773. The van der Waals surface area contributed by atoms with E-state index in [1.54, 1.807) is 0 Å². The van der Waals surface area contributed by atoms with E-state index in [1.165, 1.54) is 5.57 Å². The van der Waals surface area contributed by atoms with Crippen LogP contribution in [0.4, 0.5) is 0 Å². The maximum absolute atomic E-state index is 8.36. The topological polar surface area (TPSA) is 66.0 Å². The number of rotatable bonds is 2. The molecule has 0 saturated heterocycles. The van der Waals surface area contributed by atoms with Crippen LogP contribution in [0.2, 0.25) is 0 Å². The number of aromatic amines is 1. The molecule has 17 heavy (non-hydrogen) atoms. The number of nitrogens with one attached hydrogen (secondary N) is 1. The summed E-state index contributed by atoms with van der Waals surface area (Å²) in [4.78, 5) is 15.8. The Hall–Kier alpha value is -1.84. The van der Waals surface area contributed by atoms with Gasteiger partial charge in [0.25, 0.3) is 6.47 Å². The second-order valence-corrected chi connectivity index (χ2v) is 4.52. The van der Waals surface area contributed by atoms with Gasteiger partial charge >= 0.3 is 0 Å². The fraction of sp³-hybridized carbons (Fsp3) is 0.385. The summed E-state index contributed by atoms with van der Waals surface area (Å²) in [6, 6.07) is 0. The minimum Gasteiger partial charge on any atom is -0.483 e. The van der Waals surface area contributed by atoms with Crippen molar-refractivity contribution in [3.63, 3.8) is 0 Å². The highest BCUT2D eigenvalue weighted by Gasteiger charge is 2.24. The van der Waals surface area contributed by atoms with E-state index in [2.05, 4.69) is 42.0 Å². The molecule has 1 aromatic heterocycles. The summed E-state index contributed by atoms with van der Waals surface area (Å²) in [5.74, 6) is 1.08. The van der Waals surface area contributed by atoms with Crippen molar-refractivity contribution in [2.24, 2.45) is 5.41 Å². The van der Waals surface area contributed by atoms with Crippen molar-refractivity contribution < 1.29 is 9.90 Å². The van der Waals surface area contributed by atoms with Crippen molar-refractivity contribution in [1.29, 1.82) is 0 Å². The van der Waals surface area contributed by atoms with Crippen molar-refractivity contribution in [1.82, 2.24) is 9.97 Å². The molecule has 0 fully saturated rings. The Labute approximate surface area is 101 Å². The molecule has 0 aromatic carbocycles. The summed E-state index contributed by atoms with van der Waals surface area (Å²) >= 11 is 0. The third kappa shape index (κ3) is 4.26. The number of hydrogen-bond acceptors (Lipinski definition) is 2. The van der Waals surface area contributed by atoms with E-state index in [0.29, 0.717) is 0 Å². The summed E-state index contributed by atoms with van der Waals surface area (Å²) in [6.07, 6.45) is 12.4. The Morgan fingerprint density at radius 3 is 2.88 bits per heavy atom. The standard InChI is InChI=1S/C12H16N2.CH2O2/c1-10-4-3-5-12(2,8-10)9-11-13-6-7-14-11;2-1-3/h3-7H,8-9H2,1-2H3,(H,13,14);1H,(H,2,3). The van der Waals surface area contributed by atoms with Gasteiger partial charge in [0.05, 0.1) is 0 Å². The van der Waals surface area contributed by atoms with Gasteiger partial charge in [-0.3, -0.25) is 4.79 Å². The number of aromatic nitrogens is 2. The van der Waals surface area contributed by atoms with Crippen LogP contribution in [-0.2, 0) is 11.2 Å². The van der Waals surface area contributed by atoms with Gasteiger partial charge in [-0.15, -0.1) is 0 Å². The second-order valence-electron chi connectivity index (χ2n) is 4.52. The third-order valence-electron chi connectivity index (χ3n) is 2.69. The molecule has 1 unspecified atom stereocenters. The minimum atomic E-state index is -0.250. The maximum atomic E-state index is 8.36. The molecule has 1 heterocycles. The number of imidazole rings is 1. The molecule has 0 saturated carbocycles. The van der Waals surface area contributed by atoms with Gasteiger partial charge < -0.3 is 10.1 Å². The van der Waals surface area contributed by atoms with Gasteiger partial charge in [0.2, 0.25) is 0 Å². The Kier molecular flexibility index (Phi) is 4.69. The summed E-state index contributed by atoms with van der Waals surface area (Å²) in [5, 5.41) is 6.89. The van der Waals surface area contributed by atoms with E-state index >= 15 is 0 Å². The number of carbonyl (C=O) groups is 1. The minimum absolute atomic E-state index is 0.233.